The summed E-state index contributed by atoms with van der Waals surface area (Å²) >= 11 is 0. The Kier molecular flexibility index (Phi) is 5.76. The molecule has 1 aliphatic heterocycles. The van der Waals surface area contributed by atoms with Gasteiger partial charge in [-0.05, 0) is 38.1 Å². The number of ether oxygens (including phenoxy) is 1. The number of anilines is 1. The third-order valence-corrected chi connectivity index (χ3v) is 5.22. The highest BCUT2D eigenvalue weighted by atomic mass is 16.5. The Balaban J connectivity index is 1.41. The van der Waals surface area contributed by atoms with Crippen LogP contribution >= 0.6 is 0 Å². The topological polar surface area (TPSA) is 63.5 Å². The fourth-order valence-electron chi connectivity index (χ4n) is 3.66. The third-order valence-electron chi connectivity index (χ3n) is 5.22. The molecule has 152 valence electrons. The molecule has 29 heavy (non-hydrogen) atoms. The van der Waals surface area contributed by atoms with E-state index >= 15 is 0 Å². The zero-order valence-corrected chi connectivity index (χ0v) is 17.0. The molecular weight excluding hydrogens is 366 g/mol. The van der Waals surface area contributed by atoms with E-state index in [2.05, 4.69) is 31.9 Å². The van der Waals surface area contributed by atoms with Gasteiger partial charge >= 0.3 is 0 Å². The van der Waals surface area contributed by atoms with Crippen LogP contribution in [0.5, 0.6) is 5.88 Å². The summed E-state index contributed by atoms with van der Waals surface area (Å²) in [6, 6.07) is 11.6. The van der Waals surface area contributed by atoms with E-state index in [1.807, 2.05) is 32.2 Å². The Bertz CT molecular complexity index is 1020. The molecule has 1 saturated heterocycles. The van der Waals surface area contributed by atoms with Crippen molar-refractivity contribution in [2.75, 3.05) is 37.6 Å². The molecule has 3 aromatic rings. The number of hydrogen-bond acceptors (Lipinski definition) is 6. The van der Waals surface area contributed by atoms with Crippen molar-refractivity contribution < 1.29 is 4.74 Å². The molecule has 0 amide bonds. The largest absolute Gasteiger partial charge is 0.474 e. The molecule has 4 rings (SSSR count). The fraction of sp³-hybridized carbons (Fsp3) is 0.409. The smallest absolute Gasteiger partial charge is 0.250 e. The van der Waals surface area contributed by atoms with Crippen molar-refractivity contribution in [3.8, 4) is 5.88 Å². The van der Waals surface area contributed by atoms with Crippen LogP contribution in [0.1, 0.15) is 13.8 Å². The van der Waals surface area contributed by atoms with Gasteiger partial charge in [0.15, 0.2) is 0 Å². The van der Waals surface area contributed by atoms with Gasteiger partial charge in [0.1, 0.15) is 6.33 Å². The zero-order valence-electron chi connectivity index (χ0n) is 17.0. The molecule has 0 unspecified atom stereocenters. The highest BCUT2D eigenvalue weighted by Crippen LogP contribution is 2.27. The van der Waals surface area contributed by atoms with Gasteiger partial charge in [0.2, 0.25) is 5.88 Å². The third kappa shape index (κ3) is 4.56. The van der Waals surface area contributed by atoms with Crippen molar-refractivity contribution in [3.05, 3.63) is 59.3 Å². The predicted octanol–water partition coefficient (Wildman–Crippen LogP) is 2.40. The van der Waals surface area contributed by atoms with Crippen LogP contribution in [-0.2, 0) is 6.54 Å². The highest BCUT2D eigenvalue weighted by molar-refractivity contribution is 5.86. The highest BCUT2D eigenvalue weighted by Gasteiger charge is 2.18. The maximum Gasteiger partial charge on any atom is 0.250 e. The van der Waals surface area contributed by atoms with Gasteiger partial charge in [0.05, 0.1) is 17.0 Å². The SMILES string of the molecule is CC(C)Oc1ncnc2ccc(N3CCN(CCn4ccccc4=O)CC3)cc12. The summed E-state index contributed by atoms with van der Waals surface area (Å²) < 4.78 is 7.63. The zero-order chi connectivity index (χ0) is 20.2. The quantitative estimate of drug-likeness (QED) is 0.641. The van der Waals surface area contributed by atoms with Gasteiger partial charge in [-0.1, -0.05) is 6.07 Å². The van der Waals surface area contributed by atoms with Gasteiger partial charge in [-0.3, -0.25) is 9.69 Å². The van der Waals surface area contributed by atoms with Gasteiger partial charge in [-0.25, -0.2) is 9.97 Å². The Morgan fingerprint density at radius 3 is 2.62 bits per heavy atom. The van der Waals surface area contributed by atoms with Gasteiger partial charge in [-0.15, -0.1) is 0 Å². The second kappa shape index (κ2) is 8.61. The first-order valence-electron chi connectivity index (χ1n) is 10.1. The summed E-state index contributed by atoms with van der Waals surface area (Å²) in [6.07, 6.45) is 3.47. The van der Waals surface area contributed by atoms with Crippen LogP contribution in [0.15, 0.2) is 53.7 Å². The van der Waals surface area contributed by atoms with Gasteiger partial charge in [0, 0.05) is 57.2 Å². The Hall–Kier alpha value is -2.93. The lowest BCUT2D eigenvalue weighted by Gasteiger charge is -2.36. The molecule has 7 nitrogen and oxygen atoms in total. The summed E-state index contributed by atoms with van der Waals surface area (Å²) in [5, 5.41) is 0.949. The molecule has 1 aromatic carbocycles. The number of rotatable bonds is 6. The molecule has 2 aromatic heterocycles. The van der Waals surface area contributed by atoms with E-state index in [4.69, 9.17) is 4.74 Å². The normalized spacial score (nSPS) is 15.2. The van der Waals surface area contributed by atoms with Crippen molar-refractivity contribution in [1.29, 1.82) is 0 Å². The molecule has 0 N–H and O–H groups in total. The molecule has 0 aliphatic carbocycles. The Labute approximate surface area is 170 Å². The monoisotopic (exact) mass is 393 g/mol. The van der Waals surface area contributed by atoms with Gasteiger partial charge < -0.3 is 14.2 Å². The molecule has 1 aliphatic rings. The number of hydrogen-bond donors (Lipinski definition) is 0. The molecule has 7 heteroatoms. The molecular formula is C22H27N5O2. The standard InChI is InChI=1S/C22H27N5O2/c1-17(2)29-22-19-15-18(6-7-20(19)23-16-24-22)26-12-9-25(10-13-26)11-14-27-8-4-3-5-21(27)28/h3-8,15-17H,9-14H2,1-2H3. The van der Waals surface area contributed by atoms with E-state index in [1.54, 1.807) is 23.0 Å². The van der Waals surface area contributed by atoms with E-state index < -0.39 is 0 Å². The van der Waals surface area contributed by atoms with Gasteiger partial charge in [0.25, 0.3) is 5.56 Å². The summed E-state index contributed by atoms with van der Waals surface area (Å²) in [5.74, 6) is 0.638. The summed E-state index contributed by atoms with van der Waals surface area (Å²) in [6.45, 7) is 9.45. The van der Waals surface area contributed by atoms with Crippen LogP contribution in [0.4, 0.5) is 5.69 Å². The van der Waals surface area contributed by atoms with Crippen LogP contribution in [0.3, 0.4) is 0 Å². The molecule has 3 heterocycles. The van der Waals surface area contributed by atoms with Crippen LogP contribution in [0, 0.1) is 0 Å². The maximum atomic E-state index is 11.8. The average molecular weight is 393 g/mol. The van der Waals surface area contributed by atoms with E-state index in [0.29, 0.717) is 5.88 Å². The molecule has 0 radical (unpaired) electrons. The lowest BCUT2D eigenvalue weighted by atomic mass is 10.2. The minimum atomic E-state index is 0.0592. The molecule has 1 fully saturated rings. The number of benzene rings is 1. The second-order valence-electron chi connectivity index (χ2n) is 7.61. The first kappa shape index (κ1) is 19.4. The number of aromatic nitrogens is 3. The summed E-state index contributed by atoms with van der Waals surface area (Å²) in [5.41, 5.74) is 2.12. The van der Waals surface area contributed by atoms with Crippen molar-refractivity contribution in [3.63, 3.8) is 0 Å². The predicted molar refractivity (Wildman–Crippen MR) is 115 cm³/mol. The number of fused-ring (bicyclic) bond motifs is 1. The van der Waals surface area contributed by atoms with Crippen LogP contribution in [0.2, 0.25) is 0 Å². The van der Waals surface area contributed by atoms with Crippen LogP contribution in [-0.4, -0.2) is 58.3 Å². The minimum absolute atomic E-state index is 0.0592. The van der Waals surface area contributed by atoms with E-state index in [1.165, 1.54) is 5.69 Å². The number of piperazine rings is 1. The van der Waals surface area contributed by atoms with Crippen LogP contribution < -0.4 is 15.2 Å². The number of nitrogens with zero attached hydrogens (tertiary/aromatic N) is 5. The Morgan fingerprint density at radius 2 is 1.86 bits per heavy atom. The van der Waals surface area contributed by atoms with Gasteiger partial charge in [-0.2, -0.15) is 0 Å². The average Bonchev–Trinajstić information content (AvgIpc) is 2.73. The second-order valence-corrected chi connectivity index (χ2v) is 7.61. The van der Waals surface area contributed by atoms with E-state index in [9.17, 15) is 4.79 Å². The first-order valence-corrected chi connectivity index (χ1v) is 10.1. The minimum Gasteiger partial charge on any atom is -0.474 e. The fourth-order valence-corrected chi connectivity index (χ4v) is 3.66. The van der Waals surface area contributed by atoms with E-state index in [-0.39, 0.29) is 11.7 Å². The van der Waals surface area contributed by atoms with Crippen molar-refractivity contribution in [1.82, 2.24) is 19.4 Å². The maximum absolute atomic E-state index is 11.8. The lowest BCUT2D eigenvalue weighted by Crippen LogP contribution is -2.47. The summed E-state index contributed by atoms with van der Waals surface area (Å²) in [7, 11) is 0. The van der Waals surface area contributed by atoms with E-state index in [0.717, 1.165) is 50.2 Å². The first-order chi connectivity index (χ1) is 14.1. The van der Waals surface area contributed by atoms with Crippen molar-refractivity contribution >= 4 is 16.6 Å². The molecule has 0 atom stereocenters. The lowest BCUT2D eigenvalue weighted by molar-refractivity contribution is 0.235. The Morgan fingerprint density at radius 1 is 1.03 bits per heavy atom. The van der Waals surface area contributed by atoms with Crippen molar-refractivity contribution in [2.24, 2.45) is 0 Å². The van der Waals surface area contributed by atoms with Crippen LogP contribution in [0.25, 0.3) is 10.9 Å². The molecule has 0 spiro atoms. The van der Waals surface area contributed by atoms with Crippen molar-refractivity contribution in [2.45, 2.75) is 26.5 Å². The molecule has 0 bridgehead atoms. The number of pyridine rings is 1. The summed E-state index contributed by atoms with van der Waals surface area (Å²) in [4.78, 5) is 25.3. The molecule has 0 saturated carbocycles.